The lowest BCUT2D eigenvalue weighted by Crippen LogP contribution is -1.99. The number of hydrogen-bond acceptors (Lipinski definition) is 4. The van der Waals surface area contributed by atoms with Crippen LogP contribution in [0.5, 0.6) is 0 Å². The first kappa shape index (κ1) is 16.3. The van der Waals surface area contributed by atoms with Gasteiger partial charge in [-0.05, 0) is 6.92 Å². The van der Waals surface area contributed by atoms with Crippen LogP contribution < -0.4 is 5.43 Å². The van der Waals surface area contributed by atoms with E-state index in [1.165, 1.54) is 18.6 Å². The van der Waals surface area contributed by atoms with Crippen LogP contribution in [0, 0.1) is 6.92 Å². The molecule has 0 saturated carbocycles. The lowest BCUT2D eigenvalue weighted by atomic mass is 10.3. The molecule has 88 valence electrons. The Hall–Kier alpha value is -1.14. The van der Waals surface area contributed by atoms with Crippen LogP contribution in [-0.4, -0.2) is 19.2 Å². The highest BCUT2D eigenvalue weighted by atomic mass is 32.2. The summed E-state index contributed by atoms with van der Waals surface area (Å²) < 4.78 is 30.6. The first-order valence-electron chi connectivity index (χ1n) is 4.26. The molecule has 0 radical (unpaired) electrons. The SMILES string of the molecule is CC.CS(=O)(=O)O.Cc1coccc1=O. The minimum Gasteiger partial charge on any atom is -0.472 e. The number of aryl methyl sites for hydroxylation is 1. The molecule has 0 saturated heterocycles. The summed E-state index contributed by atoms with van der Waals surface area (Å²) in [6, 6.07) is 1.40. The van der Waals surface area contributed by atoms with Crippen molar-refractivity contribution in [2.75, 3.05) is 6.26 Å². The van der Waals surface area contributed by atoms with Gasteiger partial charge in [-0.2, -0.15) is 8.42 Å². The molecule has 0 atom stereocenters. The highest BCUT2D eigenvalue weighted by Crippen LogP contribution is 1.84. The molecule has 0 spiro atoms. The summed E-state index contributed by atoms with van der Waals surface area (Å²) in [6.45, 7) is 5.71. The van der Waals surface area contributed by atoms with E-state index in [0.717, 1.165) is 0 Å². The molecule has 1 aromatic heterocycles. The quantitative estimate of drug-likeness (QED) is 0.689. The second-order valence-corrected chi connectivity index (χ2v) is 3.80. The molecule has 1 aromatic rings. The zero-order valence-corrected chi connectivity index (χ0v) is 10.0. The van der Waals surface area contributed by atoms with Gasteiger partial charge in [0.2, 0.25) is 0 Å². The summed E-state index contributed by atoms with van der Waals surface area (Å²) in [6.07, 6.45) is 3.52. The Balaban J connectivity index is 0. The Bertz CT molecular complexity index is 397. The van der Waals surface area contributed by atoms with Crippen molar-refractivity contribution in [1.82, 2.24) is 0 Å². The minimum absolute atomic E-state index is 0.0243. The van der Waals surface area contributed by atoms with Crippen LogP contribution in [0.1, 0.15) is 19.4 Å². The van der Waals surface area contributed by atoms with E-state index in [1.54, 1.807) is 6.92 Å². The maximum Gasteiger partial charge on any atom is 0.261 e. The number of hydrogen-bond donors (Lipinski definition) is 1. The van der Waals surface area contributed by atoms with Crippen LogP contribution in [0.3, 0.4) is 0 Å². The molecule has 0 unspecified atom stereocenters. The predicted octanol–water partition coefficient (Wildman–Crippen LogP) is 1.48. The average Bonchev–Trinajstić information content (AvgIpc) is 2.11. The Morgan fingerprint density at radius 1 is 1.33 bits per heavy atom. The second kappa shape index (κ2) is 8.19. The fraction of sp³-hybridized carbons (Fsp3) is 0.444. The topological polar surface area (TPSA) is 84.6 Å². The van der Waals surface area contributed by atoms with Gasteiger partial charge in [0.05, 0.1) is 18.8 Å². The smallest absolute Gasteiger partial charge is 0.261 e. The van der Waals surface area contributed by atoms with Crippen LogP contribution in [-0.2, 0) is 10.1 Å². The van der Waals surface area contributed by atoms with Crippen molar-refractivity contribution >= 4 is 10.1 Å². The van der Waals surface area contributed by atoms with Crippen LogP contribution in [0.4, 0.5) is 0 Å². The normalized spacial score (nSPS) is 9.13. The van der Waals surface area contributed by atoms with Crippen molar-refractivity contribution in [2.45, 2.75) is 20.8 Å². The summed E-state index contributed by atoms with van der Waals surface area (Å²) in [5, 5.41) is 0. The lowest BCUT2D eigenvalue weighted by molar-refractivity contribution is 0.490. The standard InChI is InChI=1S/C6H6O2.C2H6.CH4O3S/c1-5-4-8-3-2-6(5)7;1-2;1-5(2,3)4/h2-4H,1H3;1-2H3;1H3,(H,2,3,4). The fourth-order valence-corrected chi connectivity index (χ4v) is 0.432. The molecule has 15 heavy (non-hydrogen) atoms. The Labute approximate surface area is 89.5 Å². The molecule has 1 rings (SSSR count). The summed E-state index contributed by atoms with van der Waals surface area (Å²) in [5.74, 6) is 0. The van der Waals surface area contributed by atoms with Gasteiger partial charge in [-0.3, -0.25) is 9.35 Å². The molecular weight excluding hydrogens is 220 g/mol. The zero-order valence-electron chi connectivity index (χ0n) is 9.22. The second-order valence-electron chi connectivity index (χ2n) is 2.34. The zero-order chi connectivity index (χ0) is 12.5. The van der Waals surface area contributed by atoms with Crippen molar-refractivity contribution in [1.29, 1.82) is 0 Å². The third-order valence-corrected chi connectivity index (χ3v) is 0.931. The Kier molecular flexibility index (Phi) is 8.90. The molecule has 0 aliphatic rings. The molecule has 0 bridgehead atoms. The molecule has 1 heterocycles. The van der Waals surface area contributed by atoms with Gasteiger partial charge in [0.15, 0.2) is 5.43 Å². The first-order valence-corrected chi connectivity index (χ1v) is 6.11. The molecular formula is C9H16O5S. The van der Waals surface area contributed by atoms with E-state index in [-0.39, 0.29) is 5.43 Å². The molecule has 0 amide bonds. The van der Waals surface area contributed by atoms with Gasteiger partial charge in [-0.25, -0.2) is 0 Å². The third kappa shape index (κ3) is 15.6. The van der Waals surface area contributed by atoms with Crippen molar-refractivity contribution in [3.05, 3.63) is 34.4 Å². The monoisotopic (exact) mass is 236 g/mol. The van der Waals surface area contributed by atoms with Crippen LogP contribution in [0.15, 0.2) is 27.8 Å². The van der Waals surface area contributed by atoms with Crippen LogP contribution in [0.2, 0.25) is 0 Å². The van der Waals surface area contributed by atoms with E-state index in [9.17, 15) is 13.2 Å². The molecule has 0 fully saturated rings. The van der Waals surface area contributed by atoms with Crippen molar-refractivity contribution in [3.8, 4) is 0 Å². The molecule has 0 aliphatic carbocycles. The van der Waals surface area contributed by atoms with Crippen LogP contribution in [0.25, 0.3) is 0 Å². The molecule has 1 N–H and O–H groups in total. The molecule has 6 heteroatoms. The van der Waals surface area contributed by atoms with E-state index in [0.29, 0.717) is 11.8 Å². The Morgan fingerprint density at radius 3 is 1.93 bits per heavy atom. The maximum absolute atomic E-state index is 10.6. The van der Waals surface area contributed by atoms with Gasteiger partial charge in [0, 0.05) is 11.6 Å². The summed E-state index contributed by atoms with van der Waals surface area (Å²) in [4.78, 5) is 10.6. The van der Waals surface area contributed by atoms with Crippen molar-refractivity contribution in [2.24, 2.45) is 0 Å². The van der Waals surface area contributed by atoms with E-state index >= 15 is 0 Å². The highest BCUT2D eigenvalue weighted by Gasteiger charge is 1.86. The van der Waals surface area contributed by atoms with Gasteiger partial charge in [-0.1, -0.05) is 13.8 Å². The van der Waals surface area contributed by atoms with Crippen LogP contribution >= 0.6 is 0 Å². The number of rotatable bonds is 0. The van der Waals surface area contributed by atoms with E-state index in [4.69, 9.17) is 4.55 Å². The van der Waals surface area contributed by atoms with Gasteiger partial charge in [-0.15, -0.1) is 0 Å². The van der Waals surface area contributed by atoms with Crippen molar-refractivity contribution in [3.63, 3.8) is 0 Å². The third-order valence-electron chi connectivity index (χ3n) is 0.931. The fourth-order valence-electron chi connectivity index (χ4n) is 0.432. The molecule has 5 nitrogen and oxygen atoms in total. The van der Waals surface area contributed by atoms with Gasteiger partial charge in [0.1, 0.15) is 0 Å². The summed E-state index contributed by atoms with van der Waals surface area (Å²) in [7, 11) is -3.67. The highest BCUT2D eigenvalue weighted by molar-refractivity contribution is 7.85. The van der Waals surface area contributed by atoms with Crippen molar-refractivity contribution < 1.29 is 17.4 Å². The van der Waals surface area contributed by atoms with E-state index in [2.05, 4.69) is 4.42 Å². The van der Waals surface area contributed by atoms with Gasteiger partial charge >= 0.3 is 0 Å². The van der Waals surface area contributed by atoms with Gasteiger partial charge in [0.25, 0.3) is 10.1 Å². The summed E-state index contributed by atoms with van der Waals surface area (Å²) >= 11 is 0. The predicted molar refractivity (Wildman–Crippen MR) is 58.5 cm³/mol. The first-order chi connectivity index (χ1) is 6.80. The summed E-state index contributed by atoms with van der Waals surface area (Å²) in [5.41, 5.74) is 0.670. The van der Waals surface area contributed by atoms with Gasteiger partial charge < -0.3 is 4.42 Å². The average molecular weight is 236 g/mol. The van der Waals surface area contributed by atoms with E-state index < -0.39 is 10.1 Å². The maximum atomic E-state index is 10.6. The molecule has 0 aliphatic heterocycles. The van der Waals surface area contributed by atoms with E-state index in [1.807, 2.05) is 13.8 Å². The lowest BCUT2D eigenvalue weighted by Gasteiger charge is -1.82. The largest absolute Gasteiger partial charge is 0.472 e. The molecule has 0 aromatic carbocycles. The Morgan fingerprint density at radius 2 is 1.73 bits per heavy atom. The minimum atomic E-state index is -3.67.